The fourth-order valence-electron chi connectivity index (χ4n) is 4.02. The van der Waals surface area contributed by atoms with Crippen LogP contribution in [0, 0.1) is 11.8 Å². The van der Waals surface area contributed by atoms with E-state index in [0.29, 0.717) is 11.7 Å². The molecule has 1 saturated heterocycles. The van der Waals surface area contributed by atoms with Crippen LogP contribution in [0.4, 0.5) is 0 Å². The number of amides is 3. The first-order valence-electron chi connectivity index (χ1n) is 10.6. The van der Waals surface area contributed by atoms with Crippen molar-refractivity contribution in [2.24, 2.45) is 11.8 Å². The van der Waals surface area contributed by atoms with E-state index in [9.17, 15) is 14.4 Å². The van der Waals surface area contributed by atoms with E-state index >= 15 is 0 Å². The van der Waals surface area contributed by atoms with Gasteiger partial charge >= 0.3 is 0 Å². The predicted molar refractivity (Wildman–Crippen MR) is 119 cm³/mol. The van der Waals surface area contributed by atoms with Crippen molar-refractivity contribution in [2.45, 2.75) is 43.9 Å². The van der Waals surface area contributed by atoms with Crippen LogP contribution in [-0.2, 0) is 14.4 Å². The first-order valence-corrected chi connectivity index (χ1v) is 11.6. The third-order valence-electron chi connectivity index (χ3n) is 5.81. The zero-order valence-corrected chi connectivity index (χ0v) is 18.5. The number of fused-ring (bicyclic) bond motifs is 1. The SMILES string of the molecule is CC(=O)NCN(C)C(=O)[C@@H](CC1=CSC2C=CCC=CC12)NC(=O)C1CCNCC1. The Morgan fingerprint density at radius 1 is 1.23 bits per heavy atom. The number of allylic oxidation sites excluding steroid dienone is 3. The number of rotatable bonds is 7. The molecule has 2 aliphatic heterocycles. The number of hydrogen-bond donors (Lipinski definition) is 3. The molecule has 1 aliphatic carbocycles. The minimum absolute atomic E-state index is 0.0538. The van der Waals surface area contributed by atoms with E-state index in [1.807, 2.05) is 0 Å². The van der Waals surface area contributed by atoms with Gasteiger partial charge in [-0.25, -0.2) is 0 Å². The molecule has 3 atom stereocenters. The molecule has 0 radical (unpaired) electrons. The van der Waals surface area contributed by atoms with Gasteiger partial charge in [0.25, 0.3) is 0 Å². The highest BCUT2D eigenvalue weighted by Gasteiger charge is 2.34. The number of thioether (sulfide) groups is 1. The second-order valence-electron chi connectivity index (χ2n) is 8.13. The predicted octanol–water partition coefficient (Wildman–Crippen LogP) is 1.54. The lowest BCUT2D eigenvalue weighted by Gasteiger charge is -2.29. The number of hydrogen-bond acceptors (Lipinski definition) is 5. The van der Waals surface area contributed by atoms with E-state index in [4.69, 9.17) is 0 Å². The summed E-state index contributed by atoms with van der Waals surface area (Å²) >= 11 is 1.77. The lowest BCUT2D eigenvalue weighted by atomic mass is 9.90. The molecule has 3 aliphatic rings. The molecule has 0 saturated carbocycles. The number of likely N-dealkylation sites (N-methyl/N-ethyl adjacent to an activating group) is 1. The number of carbonyl (C=O) groups excluding carboxylic acids is 3. The molecule has 8 heteroatoms. The molecule has 164 valence electrons. The molecule has 3 amide bonds. The second-order valence-corrected chi connectivity index (χ2v) is 9.18. The fraction of sp³-hybridized carbons (Fsp3) is 0.591. The third-order valence-corrected chi connectivity index (χ3v) is 7.01. The van der Waals surface area contributed by atoms with Gasteiger partial charge in [0.05, 0.1) is 6.67 Å². The van der Waals surface area contributed by atoms with Gasteiger partial charge in [0.2, 0.25) is 17.7 Å². The Balaban J connectivity index is 1.71. The van der Waals surface area contributed by atoms with Crippen LogP contribution in [0.15, 0.2) is 35.3 Å². The van der Waals surface area contributed by atoms with Gasteiger partial charge in [-0.05, 0) is 44.2 Å². The number of piperidine rings is 1. The molecule has 0 spiro atoms. The maximum absolute atomic E-state index is 13.2. The Kier molecular flexibility index (Phi) is 8.16. The lowest BCUT2D eigenvalue weighted by Crippen LogP contribution is -2.52. The van der Waals surface area contributed by atoms with Crippen LogP contribution in [0.1, 0.15) is 32.6 Å². The number of nitrogens with one attached hydrogen (secondary N) is 3. The highest BCUT2D eigenvalue weighted by atomic mass is 32.2. The monoisotopic (exact) mass is 432 g/mol. The zero-order chi connectivity index (χ0) is 21.5. The standard InChI is InChI=1S/C22H32N4O3S/c1-15(27)24-14-26(2)22(29)19(25-21(28)16-8-10-23-11-9-16)12-17-13-30-20-7-5-3-4-6-18(17)20/h4-7,13,16,18-20,23H,3,8-12,14H2,1-2H3,(H,24,27)(H,25,28)/t18?,19-,20?/m1/s1. The smallest absolute Gasteiger partial charge is 0.246 e. The van der Waals surface area contributed by atoms with E-state index < -0.39 is 6.04 Å². The van der Waals surface area contributed by atoms with Crippen LogP contribution in [-0.4, -0.2) is 60.7 Å². The summed E-state index contributed by atoms with van der Waals surface area (Å²) in [6.07, 6.45) is 11.7. The zero-order valence-electron chi connectivity index (χ0n) is 17.7. The summed E-state index contributed by atoms with van der Waals surface area (Å²) in [5, 5.41) is 11.4. The van der Waals surface area contributed by atoms with Crippen molar-refractivity contribution in [3.8, 4) is 0 Å². The van der Waals surface area contributed by atoms with Gasteiger partial charge in [0, 0.05) is 31.1 Å². The summed E-state index contributed by atoms with van der Waals surface area (Å²) in [5.74, 6) is -0.253. The van der Waals surface area contributed by atoms with Crippen molar-refractivity contribution >= 4 is 29.5 Å². The Morgan fingerprint density at radius 3 is 2.70 bits per heavy atom. The van der Waals surface area contributed by atoms with Gasteiger partial charge in [-0.1, -0.05) is 29.9 Å². The topological polar surface area (TPSA) is 90.5 Å². The van der Waals surface area contributed by atoms with E-state index in [1.165, 1.54) is 17.4 Å². The molecule has 0 aromatic rings. The van der Waals surface area contributed by atoms with Crippen LogP contribution in [0.2, 0.25) is 0 Å². The van der Waals surface area contributed by atoms with Gasteiger partial charge in [0.1, 0.15) is 6.04 Å². The van der Waals surface area contributed by atoms with Gasteiger partial charge in [-0.15, -0.1) is 11.8 Å². The summed E-state index contributed by atoms with van der Waals surface area (Å²) in [6.45, 7) is 3.18. The van der Waals surface area contributed by atoms with E-state index in [1.54, 1.807) is 18.8 Å². The van der Waals surface area contributed by atoms with Crippen LogP contribution in [0.3, 0.4) is 0 Å². The molecule has 30 heavy (non-hydrogen) atoms. The van der Waals surface area contributed by atoms with Crippen molar-refractivity contribution in [1.29, 1.82) is 0 Å². The van der Waals surface area contributed by atoms with Crippen molar-refractivity contribution in [2.75, 3.05) is 26.8 Å². The van der Waals surface area contributed by atoms with Crippen LogP contribution in [0.5, 0.6) is 0 Å². The first kappa shape index (κ1) is 22.6. The largest absolute Gasteiger partial charge is 0.344 e. The van der Waals surface area contributed by atoms with Crippen molar-refractivity contribution in [3.63, 3.8) is 0 Å². The molecule has 2 unspecified atom stereocenters. The Morgan fingerprint density at radius 2 is 1.97 bits per heavy atom. The Hall–Kier alpha value is -2.06. The van der Waals surface area contributed by atoms with Crippen LogP contribution < -0.4 is 16.0 Å². The highest BCUT2D eigenvalue weighted by Crippen LogP contribution is 2.40. The average Bonchev–Trinajstić information content (AvgIpc) is 2.96. The molecule has 0 bridgehead atoms. The molecule has 3 rings (SSSR count). The van der Waals surface area contributed by atoms with Crippen molar-refractivity contribution in [3.05, 3.63) is 35.3 Å². The maximum atomic E-state index is 13.2. The third kappa shape index (κ3) is 5.98. The molecule has 3 N–H and O–H groups in total. The normalized spacial score (nSPS) is 24.4. The molecular weight excluding hydrogens is 400 g/mol. The molecule has 0 aromatic heterocycles. The van der Waals surface area contributed by atoms with Crippen molar-refractivity contribution in [1.82, 2.24) is 20.9 Å². The summed E-state index contributed by atoms with van der Waals surface area (Å²) < 4.78 is 0. The maximum Gasteiger partial charge on any atom is 0.246 e. The second kappa shape index (κ2) is 10.8. The van der Waals surface area contributed by atoms with E-state index in [0.717, 1.165) is 32.4 Å². The van der Waals surface area contributed by atoms with Crippen molar-refractivity contribution < 1.29 is 14.4 Å². The molecule has 0 aromatic carbocycles. The molecule has 7 nitrogen and oxygen atoms in total. The summed E-state index contributed by atoms with van der Waals surface area (Å²) in [4.78, 5) is 38.8. The van der Waals surface area contributed by atoms with E-state index in [2.05, 4.69) is 45.7 Å². The van der Waals surface area contributed by atoms with Gasteiger partial charge in [-0.2, -0.15) is 0 Å². The van der Waals surface area contributed by atoms with E-state index in [-0.39, 0.29) is 36.2 Å². The van der Waals surface area contributed by atoms with Gasteiger partial charge < -0.3 is 20.9 Å². The molecular formula is C22H32N4O3S. The minimum atomic E-state index is -0.641. The van der Waals surface area contributed by atoms with Crippen LogP contribution >= 0.6 is 11.8 Å². The summed E-state index contributed by atoms with van der Waals surface area (Å²) in [7, 11) is 1.65. The number of carbonyl (C=O) groups is 3. The summed E-state index contributed by atoms with van der Waals surface area (Å²) in [6, 6.07) is -0.641. The Bertz CT molecular complexity index is 743. The van der Waals surface area contributed by atoms with Gasteiger partial charge in [0.15, 0.2) is 0 Å². The quantitative estimate of drug-likeness (QED) is 0.419. The lowest BCUT2D eigenvalue weighted by molar-refractivity contribution is -0.137. The average molecular weight is 433 g/mol. The Labute approximate surface area is 182 Å². The minimum Gasteiger partial charge on any atom is -0.344 e. The van der Waals surface area contributed by atoms with Crippen LogP contribution in [0.25, 0.3) is 0 Å². The first-order chi connectivity index (χ1) is 14.5. The fourth-order valence-corrected chi connectivity index (χ4v) is 5.24. The molecule has 1 fully saturated rings. The summed E-state index contributed by atoms with van der Waals surface area (Å²) in [5.41, 5.74) is 1.17. The van der Waals surface area contributed by atoms with Gasteiger partial charge in [-0.3, -0.25) is 14.4 Å². The molecule has 2 heterocycles. The highest BCUT2D eigenvalue weighted by molar-refractivity contribution is 8.03. The number of nitrogens with zero attached hydrogens (tertiary/aromatic N) is 1.